The number of benzene rings is 1. The van der Waals surface area contributed by atoms with Gasteiger partial charge in [-0.25, -0.2) is 0 Å². The van der Waals surface area contributed by atoms with E-state index in [1.54, 1.807) is 0 Å². The molecule has 2 saturated heterocycles. The fourth-order valence-corrected chi connectivity index (χ4v) is 4.84. The van der Waals surface area contributed by atoms with Crippen LogP contribution in [-0.4, -0.2) is 36.5 Å². The van der Waals surface area contributed by atoms with E-state index in [1.165, 1.54) is 12.0 Å². The zero-order valence-electron chi connectivity index (χ0n) is 14.5. The number of amides is 1. The molecule has 5 unspecified atom stereocenters. The van der Waals surface area contributed by atoms with Crippen LogP contribution in [0.1, 0.15) is 42.9 Å². The van der Waals surface area contributed by atoms with Gasteiger partial charge in [-0.05, 0) is 50.0 Å². The van der Waals surface area contributed by atoms with E-state index >= 15 is 0 Å². The maximum Gasteiger partial charge on any atom is 0.228 e. The number of hydrogen-bond donors (Lipinski definition) is 1. The maximum absolute atomic E-state index is 13.2. The molecule has 24 heavy (non-hydrogen) atoms. The summed E-state index contributed by atoms with van der Waals surface area (Å²) in [5.74, 6) is 1.36. The van der Waals surface area contributed by atoms with E-state index in [0.29, 0.717) is 11.8 Å². The Balaban J connectivity index is 1.50. The van der Waals surface area contributed by atoms with E-state index in [4.69, 9.17) is 10.5 Å². The Morgan fingerprint density at radius 3 is 2.71 bits per heavy atom. The molecule has 2 N–H and O–H groups in total. The van der Waals surface area contributed by atoms with Gasteiger partial charge in [0, 0.05) is 25.7 Å². The summed E-state index contributed by atoms with van der Waals surface area (Å²) in [6.07, 6.45) is 4.10. The monoisotopic (exact) mass is 328 g/mol. The predicted octanol–water partition coefficient (Wildman–Crippen LogP) is 2.66. The van der Waals surface area contributed by atoms with Gasteiger partial charge in [-0.1, -0.05) is 29.8 Å². The lowest BCUT2D eigenvalue weighted by Crippen LogP contribution is -2.41. The highest BCUT2D eigenvalue weighted by Gasteiger charge is 2.45. The molecule has 3 aliphatic rings. The van der Waals surface area contributed by atoms with Gasteiger partial charge in [0.2, 0.25) is 5.91 Å². The van der Waals surface area contributed by atoms with Crippen LogP contribution in [0.15, 0.2) is 24.3 Å². The van der Waals surface area contributed by atoms with Crippen molar-refractivity contribution in [1.29, 1.82) is 0 Å². The van der Waals surface area contributed by atoms with Gasteiger partial charge in [0.05, 0.1) is 12.0 Å². The number of carbonyl (C=O) groups is 1. The van der Waals surface area contributed by atoms with Crippen LogP contribution in [0.2, 0.25) is 0 Å². The minimum absolute atomic E-state index is 0.0449. The first-order valence-corrected chi connectivity index (χ1v) is 9.36. The molecule has 2 heterocycles. The van der Waals surface area contributed by atoms with Crippen molar-refractivity contribution in [2.45, 2.75) is 44.8 Å². The molecule has 4 nitrogen and oxygen atoms in total. The second-order valence-corrected chi connectivity index (χ2v) is 7.86. The molecule has 0 radical (unpaired) electrons. The molecule has 3 fully saturated rings. The first kappa shape index (κ1) is 16.1. The highest BCUT2D eigenvalue weighted by molar-refractivity contribution is 5.80. The zero-order valence-corrected chi connectivity index (χ0v) is 14.5. The number of ether oxygens (including phenoxy) is 1. The Kier molecular flexibility index (Phi) is 4.35. The second-order valence-electron chi connectivity index (χ2n) is 7.86. The van der Waals surface area contributed by atoms with Crippen molar-refractivity contribution in [3.63, 3.8) is 0 Å². The number of rotatable bonds is 2. The fraction of sp³-hybridized carbons (Fsp3) is 0.650. The summed E-state index contributed by atoms with van der Waals surface area (Å²) in [4.78, 5) is 15.3. The van der Waals surface area contributed by atoms with Crippen LogP contribution in [0.25, 0.3) is 0 Å². The fourth-order valence-electron chi connectivity index (χ4n) is 4.84. The second kappa shape index (κ2) is 6.49. The standard InChI is InChI=1S/C20H28N2O2/c1-13-4-6-14(7-5-13)19-16(3-2-10-24-19)20(23)22-11-15-8-9-18(21)17(15)12-22/h4-7,15-19H,2-3,8-12,21H2,1H3. The molecular formula is C20H28N2O2. The number of hydrogen-bond acceptors (Lipinski definition) is 3. The number of fused-ring (bicyclic) bond motifs is 1. The Labute approximate surface area is 144 Å². The van der Waals surface area contributed by atoms with Crippen molar-refractivity contribution >= 4 is 5.91 Å². The van der Waals surface area contributed by atoms with E-state index in [0.717, 1.165) is 44.5 Å². The normalized spacial score (nSPS) is 35.9. The molecule has 4 rings (SSSR count). The van der Waals surface area contributed by atoms with Crippen molar-refractivity contribution < 1.29 is 9.53 Å². The first-order valence-electron chi connectivity index (χ1n) is 9.36. The Morgan fingerprint density at radius 1 is 1.17 bits per heavy atom. The zero-order chi connectivity index (χ0) is 16.7. The number of nitrogens with two attached hydrogens (primary N) is 1. The summed E-state index contributed by atoms with van der Waals surface area (Å²) >= 11 is 0. The molecular weight excluding hydrogens is 300 g/mol. The van der Waals surface area contributed by atoms with Crippen molar-refractivity contribution in [2.24, 2.45) is 23.5 Å². The maximum atomic E-state index is 13.2. The predicted molar refractivity (Wildman–Crippen MR) is 93.4 cm³/mol. The molecule has 1 aliphatic carbocycles. The van der Waals surface area contributed by atoms with E-state index in [9.17, 15) is 4.79 Å². The molecule has 2 aliphatic heterocycles. The van der Waals surface area contributed by atoms with Crippen LogP contribution >= 0.6 is 0 Å². The van der Waals surface area contributed by atoms with Crippen LogP contribution in [0, 0.1) is 24.7 Å². The summed E-state index contributed by atoms with van der Waals surface area (Å²) in [5, 5.41) is 0. The number of likely N-dealkylation sites (tertiary alicyclic amines) is 1. The molecule has 1 aromatic rings. The molecule has 0 spiro atoms. The summed E-state index contributed by atoms with van der Waals surface area (Å²) in [6, 6.07) is 8.71. The topological polar surface area (TPSA) is 55.6 Å². The largest absolute Gasteiger partial charge is 0.373 e. The van der Waals surface area contributed by atoms with Crippen molar-refractivity contribution in [2.75, 3.05) is 19.7 Å². The molecule has 1 aromatic carbocycles. The van der Waals surface area contributed by atoms with Gasteiger partial charge in [0.25, 0.3) is 0 Å². The molecule has 4 heteroatoms. The Hall–Kier alpha value is -1.39. The third-order valence-corrected chi connectivity index (χ3v) is 6.27. The van der Waals surface area contributed by atoms with E-state index in [-0.39, 0.29) is 24.0 Å². The van der Waals surface area contributed by atoms with Gasteiger partial charge < -0.3 is 15.4 Å². The smallest absolute Gasteiger partial charge is 0.228 e. The van der Waals surface area contributed by atoms with Crippen LogP contribution in [0.3, 0.4) is 0 Å². The lowest BCUT2D eigenvalue weighted by Gasteiger charge is -2.34. The average molecular weight is 328 g/mol. The van der Waals surface area contributed by atoms with Gasteiger partial charge in [0.15, 0.2) is 0 Å². The third-order valence-electron chi connectivity index (χ3n) is 6.27. The van der Waals surface area contributed by atoms with Crippen molar-refractivity contribution in [3.8, 4) is 0 Å². The van der Waals surface area contributed by atoms with Gasteiger partial charge in [0.1, 0.15) is 0 Å². The summed E-state index contributed by atoms with van der Waals surface area (Å²) in [6.45, 7) is 4.58. The molecule has 130 valence electrons. The van der Waals surface area contributed by atoms with Crippen LogP contribution < -0.4 is 5.73 Å². The highest BCUT2D eigenvalue weighted by Crippen LogP contribution is 2.40. The number of carbonyl (C=O) groups excluding carboxylic acids is 1. The quantitative estimate of drug-likeness (QED) is 0.908. The third kappa shape index (κ3) is 2.86. The van der Waals surface area contributed by atoms with Crippen molar-refractivity contribution in [1.82, 2.24) is 4.90 Å². The number of nitrogens with zero attached hydrogens (tertiary/aromatic N) is 1. The van der Waals surface area contributed by atoms with Crippen molar-refractivity contribution in [3.05, 3.63) is 35.4 Å². The Bertz CT molecular complexity index is 600. The number of aryl methyl sites for hydroxylation is 1. The lowest BCUT2D eigenvalue weighted by molar-refractivity contribution is -0.144. The summed E-state index contributed by atoms with van der Waals surface area (Å²) in [5.41, 5.74) is 8.60. The van der Waals surface area contributed by atoms with Gasteiger partial charge >= 0.3 is 0 Å². The Morgan fingerprint density at radius 2 is 1.96 bits per heavy atom. The van der Waals surface area contributed by atoms with E-state index < -0.39 is 0 Å². The lowest BCUT2D eigenvalue weighted by atomic mass is 9.88. The molecule has 1 amide bonds. The van der Waals surface area contributed by atoms with Crippen LogP contribution in [0.4, 0.5) is 0 Å². The van der Waals surface area contributed by atoms with Gasteiger partial charge in [-0.2, -0.15) is 0 Å². The van der Waals surface area contributed by atoms with E-state index in [1.807, 2.05) is 0 Å². The summed E-state index contributed by atoms with van der Waals surface area (Å²) in [7, 11) is 0. The first-order chi connectivity index (χ1) is 11.6. The van der Waals surface area contributed by atoms with E-state index in [2.05, 4.69) is 36.1 Å². The molecule has 1 saturated carbocycles. The molecule has 0 bridgehead atoms. The van der Waals surface area contributed by atoms with Crippen LogP contribution in [-0.2, 0) is 9.53 Å². The minimum atomic E-state index is -0.0963. The van der Waals surface area contributed by atoms with Gasteiger partial charge in [-0.15, -0.1) is 0 Å². The molecule has 0 aromatic heterocycles. The summed E-state index contributed by atoms with van der Waals surface area (Å²) < 4.78 is 6.04. The average Bonchev–Trinajstić information content (AvgIpc) is 3.17. The van der Waals surface area contributed by atoms with Crippen LogP contribution in [0.5, 0.6) is 0 Å². The molecule has 5 atom stereocenters. The minimum Gasteiger partial charge on any atom is -0.373 e. The highest BCUT2D eigenvalue weighted by atomic mass is 16.5. The van der Waals surface area contributed by atoms with Gasteiger partial charge in [-0.3, -0.25) is 4.79 Å². The SMILES string of the molecule is Cc1ccc(C2OCCCC2C(=O)N2CC3CCC(N)C3C2)cc1.